The first-order chi connectivity index (χ1) is 8.81. The Morgan fingerprint density at radius 1 is 1.56 bits per heavy atom. The first kappa shape index (κ1) is 12.8. The summed E-state index contributed by atoms with van der Waals surface area (Å²) in [6.45, 7) is 0.608. The molecule has 1 aliphatic rings. The van der Waals surface area contributed by atoms with Crippen LogP contribution in [0.25, 0.3) is 0 Å². The van der Waals surface area contributed by atoms with E-state index in [0.29, 0.717) is 30.0 Å². The lowest BCUT2D eigenvalue weighted by Gasteiger charge is -2.38. The zero-order valence-electron chi connectivity index (χ0n) is 10.5. The Bertz CT molecular complexity index is 397. The third kappa shape index (κ3) is 2.32. The number of aliphatic hydroxyl groups excluding tert-OH is 1. The molecule has 4 N–H and O–H groups in total. The summed E-state index contributed by atoms with van der Waals surface area (Å²) in [5.41, 5.74) is 2.49. The Hall–Kier alpha value is -1.60. The van der Waals surface area contributed by atoms with Gasteiger partial charge in [-0.2, -0.15) is 0 Å². The molecule has 0 aliphatic heterocycles. The molecule has 1 saturated carbocycles. The van der Waals surface area contributed by atoms with Gasteiger partial charge in [-0.25, -0.2) is 15.8 Å². The van der Waals surface area contributed by atoms with Crippen LogP contribution in [0.4, 0.5) is 11.6 Å². The molecule has 1 aromatic rings. The first-order valence-corrected chi connectivity index (χ1v) is 6.05. The highest BCUT2D eigenvalue weighted by atomic mass is 16.5. The van der Waals surface area contributed by atoms with Crippen LogP contribution in [0.2, 0.25) is 0 Å². The van der Waals surface area contributed by atoms with Gasteiger partial charge < -0.3 is 20.2 Å². The van der Waals surface area contributed by atoms with Gasteiger partial charge in [-0.15, -0.1) is 0 Å². The van der Waals surface area contributed by atoms with E-state index in [9.17, 15) is 5.11 Å². The van der Waals surface area contributed by atoms with Crippen LogP contribution >= 0.6 is 0 Å². The fourth-order valence-electron chi connectivity index (χ4n) is 2.13. The number of anilines is 2. The number of nitrogens with two attached hydrogens (primary N) is 1. The maximum Gasteiger partial charge on any atom is 0.205 e. The van der Waals surface area contributed by atoms with Gasteiger partial charge in [0.1, 0.15) is 6.33 Å². The average molecular weight is 253 g/mol. The summed E-state index contributed by atoms with van der Waals surface area (Å²) in [5, 5.41) is 9.19. The Kier molecular flexibility index (Phi) is 4.16. The molecule has 7 heteroatoms. The third-order valence-electron chi connectivity index (χ3n) is 3.25. The molecule has 18 heavy (non-hydrogen) atoms. The van der Waals surface area contributed by atoms with Crippen molar-refractivity contribution in [2.24, 2.45) is 5.84 Å². The molecule has 7 nitrogen and oxygen atoms in total. The predicted octanol–water partition coefficient (Wildman–Crippen LogP) is 0.122. The lowest BCUT2D eigenvalue weighted by molar-refractivity contribution is 0.281. The topological polar surface area (TPSA) is 96.5 Å². The number of nitrogen functional groups attached to an aromatic ring is 1. The van der Waals surface area contributed by atoms with Gasteiger partial charge in [0.25, 0.3) is 0 Å². The fraction of sp³-hybridized carbons (Fsp3) is 0.636. The number of methoxy groups -OCH3 is 1. The van der Waals surface area contributed by atoms with Crippen LogP contribution in [-0.2, 0) is 0 Å². The van der Waals surface area contributed by atoms with Crippen LogP contribution in [0.5, 0.6) is 5.75 Å². The minimum absolute atomic E-state index is 0.0784. The maximum absolute atomic E-state index is 9.19. The summed E-state index contributed by atoms with van der Waals surface area (Å²) in [6.07, 6.45) is 4.87. The molecule has 2 rings (SSSR count). The predicted molar refractivity (Wildman–Crippen MR) is 68.5 cm³/mol. The number of ether oxygens (including phenoxy) is 1. The zero-order chi connectivity index (χ0) is 13.0. The molecule has 1 fully saturated rings. The highest BCUT2D eigenvalue weighted by Crippen LogP contribution is 2.36. The van der Waals surface area contributed by atoms with E-state index in [1.165, 1.54) is 12.7 Å². The number of aromatic nitrogens is 2. The normalized spacial score (nSPS) is 15.1. The Balaban J connectivity index is 2.33. The smallest absolute Gasteiger partial charge is 0.205 e. The van der Waals surface area contributed by atoms with Crippen LogP contribution in [0.15, 0.2) is 6.33 Å². The second-order valence-electron chi connectivity index (χ2n) is 4.23. The molecule has 0 aromatic carbocycles. The van der Waals surface area contributed by atoms with Crippen molar-refractivity contribution in [2.45, 2.75) is 25.3 Å². The van der Waals surface area contributed by atoms with Gasteiger partial charge in [0.15, 0.2) is 11.6 Å². The van der Waals surface area contributed by atoms with Crippen LogP contribution < -0.4 is 20.9 Å². The Morgan fingerprint density at radius 3 is 2.83 bits per heavy atom. The van der Waals surface area contributed by atoms with E-state index in [1.807, 2.05) is 0 Å². The third-order valence-corrected chi connectivity index (χ3v) is 3.25. The molecule has 0 unspecified atom stereocenters. The maximum atomic E-state index is 9.19. The number of hydrogen-bond donors (Lipinski definition) is 3. The number of aliphatic hydroxyl groups is 1. The number of rotatable bonds is 6. The summed E-state index contributed by atoms with van der Waals surface area (Å²) in [5.74, 6) is 7.05. The van der Waals surface area contributed by atoms with E-state index < -0.39 is 0 Å². The Morgan fingerprint density at radius 2 is 2.33 bits per heavy atom. The van der Waals surface area contributed by atoms with E-state index in [2.05, 4.69) is 20.3 Å². The summed E-state index contributed by atoms with van der Waals surface area (Å²) in [6, 6.07) is 0.409. The second-order valence-corrected chi connectivity index (χ2v) is 4.23. The summed E-state index contributed by atoms with van der Waals surface area (Å²) in [4.78, 5) is 10.3. The lowest BCUT2D eigenvalue weighted by Crippen LogP contribution is -2.42. The number of nitrogens with zero attached hydrogens (tertiary/aromatic N) is 3. The summed E-state index contributed by atoms with van der Waals surface area (Å²) < 4.78 is 5.32. The minimum atomic E-state index is 0.0784. The van der Waals surface area contributed by atoms with Crippen LogP contribution in [-0.4, -0.2) is 41.4 Å². The molecular formula is C11H19N5O2. The first-order valence-electron chi connectivity index (χ1n) is 6.05. The van der Waals surface area contributed by atoms with Gasteiger partial charge in [-0.3, -0.25) is 0 Å². The van der Waals surface area contributed by atoms with Crippen molar-refractivity contribution in [3.8, 4) is 5.75 Å². The van der Waals surface area contributed by atoms with Crippen molar-refractivity contribution >= 4 is 11.6 Å². The number of hydrazine groups is 1. The van der Waals surface area contributed by atoms with E-state index in [4.69, 9.17) is 10.6 Å². The van der Waals surface area contributed by atoms with Gasteiger partial charge in [0.2, 0.25) is 5.75 Å². The van der Waals surface area contributed by atoms with E-state index in [0.717, 1.165) is 12.8 Å². The van der Waals surface area contributed by atoms with Gasteiger partial charge in [0.05, 0.1) is 13.7 Å². The van der Waals surface area contributed by atoms with E-state index in [1.54, 1.807) is 7.11 Å². The largest absolute Gasteiger partial charge is 0.490 e. The lowest BCUT2D eigenvalue weighted by atomic mass is 9.91. The monoisotopic (exact) mass is 253 g/mol. The van der Waals surface area contributed by atoms with E-state index in [-0.39, 0.29) is 6.61 Å². The van der Waals surface area contributed by atoms with Crippen molar-refractivity contribution in [3.63, 3.8) is 0 Å². The van der Waals surface area contributed by atoms with Crippen molar-refractivity contribution in [2.75, 3.05) is 30.6 Å². The fourth-order valence-corrected chi connectivity index (χ4v) is 2.13. The van der Waals surface area contributed by atoms with Crippen molar-refractivity contribution in [1.82, 2.24) is 9.97 Å². The van der Waals surface area contributed by atoms with Gasteiger partial charge >= 0.3 is 0 Å². The van der Waals surface area contributed by atoms with Crippen molar-refractivity contribution in [1.29, 1.82) is 0 Å². The molecular weight excluding hydrogens is 234 g/mol. The molecule has 0 spiro atoms. The minimum Gasteiger partial charge on any atom is -0.490 e. The van der Waals surface area contributed by atoms with Gasteiger partial charge in [0, 0.05) is 12.6 Å². The van der Waals surface area contributed by atoms with Gasteiger partial charge in [-0.05, 0) is 19.3 Å². The molecule has 0 bridgehead atoms. The second kappa shape index (κ2) is 5.83. The van der Waals surface area contributed by atoms with Crippen molar-refractivity contribution < 1.29 is 9.84 Å². The molecule has 0 saturated heterocycles. The number of nitrogens with one attached hydrogen (secondary N) is 1. The highest BCUT2D eigenvalue weighted by Gasteiger charge is 2.28. The summed E-state index contributed by atoms with van der Waals surface area (Å²) in [7, 11) is 1.56. The van der Waals surface area contributed by atoms with Gasteiger partial charge in [-0.1, -0.05) is 0 Å². The number of hydrogen-bond acceptors (Lipinski definition) is 7. The van der Waals surface area contributed by atoms with E-state index >= 15 is 0 Å². The molecule has 1 aromatic heterocycles. The highest BCUT2D eigenvalue weighted by molar-refractivity contribution is 5.64. The quantitative estimate of drug-likeness (QED) is 0.489. The zero-order valence-corrected chi connectivity index (χ0v) is 10.5. The summed E-state index contributed by atoms with van der Waals surface area (Å²) >= 11 is 0. The van der Waals surface area contributed by atoms with Crippen molar-refractivity contribution in [3.05, 3.63) is 6.33 Å². The molecule has 1 aliphatic carbocycles. The van der Waals surface area contributed by atoms with Crippen LogP contribution in [0, 0.1) is 0 Å². The Labute approximate surface area is 106 Å². The molecule has 1 heterocycles. The van der Waals surface area contributed by atoms with Crippen LogP contribution in [0.1, 0.15) is 19.3 Å². The SMILES string of the molecule is COc1c(NN)ncnc1N(CCO)C1CCC1. The standard InChI is InChI=1S/C11H19N5O2/c1-18-9-10(15-12)13-7-14-11(9)16(5-6-17)8-3-2-4-8/h7-8,17H,2-6,12H2,1H3,(H,13,14,15). The molecule has 0 radical (unpaired) electrons. The average Bonchev–Trinajstić information content (AvgIpc) is 2.35. The van der Waals surface area contributed by atoms with Crippen LogP contribution in [0.3, 0.4) is 0 Å². The molecule has 100 valence electrons. The molecule has 0 amide bonds. The molecule has 0 atom stereocenters.